The van der Waals surface area contributed by atoms with E-state index in [4.69, 9.17) is 19.9 Å². The van der Waals surface area contributed by atoms with Gasteiger partial charge in [-0.1, -0.05) is 12.1 Å². The number of aromatic hydroxyl groups is 1. The topological polar surface area (TPSA) is 133 Å². The standard InChI is InChI=1S/C31H36FN5O5/c1-31(2,3)42-30(39)37-12-9-20(10-13-37)40-21-16-22(17-21)41-28-15-19(8-11-34-28)14-25(32)24-18-26(35-36-29(24)33)23-6-4-5-7-27(23)38/h4-8,11,14-15,18,20-22,38H,9-10,12-13,16-17H2,1-3H3,(H2,33,36). The zero-order chi connectivity index (χ0) is 29.9. The van der Waals surface area contributed by atoms with Crippen LogP contribution in [-0.2, 0) is 9.47 Å². The van der Waals surface area contributed by atoms with Crippen LogP contribution in [0.3, 0.4) is 0 Å². The minimum atomic E-state index is -0.606. The number of phenolic OH excluding ortho intramolecular Hbond substituents is 1. The van der Waals surface area contributed by atoms with Crippen molar-refractivity contribution in [2.75, 3.05) is 18.8 Å². The maximum absolute atomic E-state index is 15.3. The third-order valence-electron chi connectivity index (χ3n) is 7.13. The Hall–Kier alpha value is -4.25. The van der Waals surface area contributed by atoms with Gasteiger partial charge in [0, 0.05) is 43.8 Å². The number of carbonyl (C=O) groups is 1. The van der Waals surface area contributed by atoms with Gasteiger partial charge in [0.25, 0.3) is 0 Å². The molecule has 1 aliphatic heterocycles. The van der Waals surface area contributed by atoms with E-state index in [2.05, 4.69) is 15.2 Å². The van der Waals surface area contributed by atoms with E-state index < -0.39 is 11.4 Å². The average molecular weight is 578 g/mol. The lowest BCUT2D eigenvalue weighted by Crippen LogP contribution is -2.46. The number of aromatic nitrogens is 3. The zero-order valence-corrected chi connectivity index (χ0v) is 24.0. The van der Waals surface area contributed by atoms with Crippen molar-refractivity contribution in [3.8, 4) is 22.9 Å². The number of nitrogen functional groups attached to an aromatic ring is 1. The SMILES string of the molecule is CC(C)(C)OC(=O)N1CCC(OC2CC(Oc3cc(C=C(F)c4cc(-c5ccccc5O)nnc4N)ccn3)C2)CC1. The number of phenols is 1. The van der Waals surface area contributed by atoms with Gasteiger partial charge in [0.15, 0.2) is 5.82 Å². The van der Waals surface area contributed by atoms with Gasteiger partial charge in [-0.25, -0.2) is 14.2 Å². The van der Waals surface area contributed by atoms with Crippen LogP contribution in [0.15, 0.2) is 48.7 Å². The molecule has 1 aliphatic carbocycles. The van der Waals surface area contributed by atoms with E-state index in [-0.39, 0.29) is 41.5 Å². The first-order valence-electron chi connectivity index (χ1n) is 14.1. The highest BCUT2D eigenvalue weighted by Gasteiger charge is 2.35. The summed E-state index contributed by atoms with van der Waals surface area (Å²) in [5, 5.41) is 18.0. The summed E-state index contributed by atoms with van der Waals surface area (Å²) >= 11 is 0. The molecule has 5 rings (SSSR count). The largest absolute Gasteiger partial charge is 0.507 e. The van der Waals surface area contributed by atoms with E-state index in [0.717, 1.165) is 25.7 Å². The number of benzene rings is 1. The lowest BCUT2D eigenvalue weighted by molar-refractivity contribution is -0.110. The average Bonchev–Trinajstić information content (AvgIpc) is 2.92. The summed E-state index contributed by atoms with van der Waals surface area (Å²) in [5.41, 5.74) is 6.74. The Morgan fingerprint density at radius 2 is 1.81 bits per heavy atom. The Balaban J connectivity index is 1.13. The van der Waals surface area contributed by atoms with Crippen molar-refractivity contribution in [3.05, 3.63) is 59.8 Å². The van der Waals surface area contributed by atoms with Crippen molar-refractivity contribution in [2.24, 2.45) is 0 Å². The summed E-state index contributed by atoms with van der Waals surface area (Å²) in [6, 6.07) is 11.4. The van der Waals surface area contributed by atoms with Crippen molar-refractivity contribution in [1.82, 2.24) is 20.1 Å². The third-order valence-corrected chi connectivity index (χ3v) is 7.13. The number of likely N-dealkylation sites (tertiary alicyclic amines) is 1. The minimum Gasteiger partial charge on any atom is -0.507 e. The summed E-state index contributed by atoms with van der Waals surface area (Å²) in [7, 11) is 0. The molecule has 222 valence electrons. The Morgan fingerprint density at radius 3 is 2.52 bits per heavy atom. The normalized spacial score (nSPS) is 19.7. The van der Waals surface area contributed by atoms with Crippen molar-refractivity contribution < 1.29 is 28.5 Å². The van der Waals surface area contributed by atoms with E-state index in [1.165, 1.54) is 18.2 Å². The molecule has 3 N–H and O–H groups in total. The third kappa shape index (κ3) is 7.33. The van der Waals surface area contributed by atoms with Crippen molar-refractivity contribution in [1.29, 1.82) is 0 Å². The Kier molecular flexibility index (Phi) is 8.58. The van der Waals surface area contributed by atoms with Gasteiger partial charge in [-0.3, -0.25) is 0 Å². The maximum atomic E-state index is 15.3. The van der Waals surface area contributed by atoms with Crippen LogP contribution < -0.4 is 10.5 Å². The molecule has 0 atom stereocenters. The van der Waals surface area contributed by atoms with E-state index in [1.807, 2.05) is 20.8 Å². The van der Waals surface area contributed by atoms with Crippen LogP contribution >= 0.6 is 0 Å². The molecular weight excluding hydrogens is 541 g/mol. The van der Waals surface area contributed by atoms with Gasteiger partial charge in [0.05, 0.1) is 23.5 Å². The predicted molar refractivity (Wildman–Crippen MR) is 156 cm³/mol. The number of nitrogens with zero attached hydrogens (tertiary/aromatic N) is 4. The van der Waals surface area contributed by atoms with E-state index >= 15 is 4.39 Å². The van der Waals surface area contributed by atoms with E-state index in [9.17, 15) is 9.90 Å². The van der Waals surface area contributed by atoms with Crippen LogP contribution in [0.4, 0.5) is 15.0 Å². The fourth-order valence-corrected chi connectivity index (χ4v) is 4.89. The lowest BCUT2D eigenvalue weighted by atomic mass is 9.91. The predicted octanol–water partition coefficient (Wildman–Crippen LogP) is 5.62. The van der Waals surface area contributed by atoms with Gasteiger partial charge in [0.1, 0.15) is 23.3 Å². The molecular formula is C31H36FN5O5. The number of para-hydroxylation sites is 1. The summed E-state index contributed by atoms with van der Waals surface area (Å²) in [4.78, 5) is 18.3. The fraction of sp³-hybridized carbons (Fsp3) is 0.419. The highest BCUT2D eigenvalue weighted by Crippen LogP contribution is 2.33. The molecule has 1 saturated heterocycles. The van der Waals surface area contributed by atoms with Crippen LogP contribution in [0.2, 0.25) is 0 Å². The molecule has 0 spiro atoms. The first-order chi connectivity index (χ1) is 20.0. The van der Waals surface area contributed by atoms with Crippen LogP contribution in [0.5, 0.6) is 11.6 Å². The number of ether oxygens (including phenoxy) is 3. The van der Waals surface area contributed by atoms with Crippen molar-refractivity contribution in [3.63, 3.8) is 0 Å². The summed E-state index contributed by atoms with van der Waals surface area (Å²) in [6.07, 6.45) is 5.76. The second kappa shape index (κ2) is 12.3. The molecule has 2 aromatic heterocycles. The molecule has 2 aliphatic rings. The fourth-order valence-electron chi connectivity index (χ4n) is 4.89. The maximum Gasteiger partial charge on any atom is 0.410 e. The second-order valence-corrected chi connectivity index (χ2v) is 11.6. The highest BCUT2D eigenvalue weighted by molar-refractivity contribution is 5.83. The number of hydrogen-bond acceptors (Lipinski definition) is 9. The van der Waals surface area contributed by atoms with Gasteiger partial charge in [-0.2, -0.15) is 0 Å². The first kappa shape index (κ1) is 29.2. The Labute approximate surface area is 244 Å². The quantitative estimate of drug-likeness (QED) is 0.367. The molecule has 42 heavy (non-hydrogen) atoms. The Bertz CT molecular complexity index is 1450. The van der Waals surface area contributed by atoms with Gasteiger partial charge in [-0.05, 0) is 69.5 Å². The molecule has 2 fully saturated rings. The van der Waals surface area contributed by atoms with Crippen LogP contribution in [0.1, 0.15) is 57.6 Å². The van der Waals surface area contributed by atoms with Gasteiger partial charge in [-0.15, -0.1) is 10.2 Å². The number of rotatable bonds is 7. The number of piperidine rings is 1. The molecule has 11 heteroatoms. The minimum absolute atomic E-state index is 0.00930. The van der Waals surface area contributed by atoms with Gasteiger partial charge in [0.2, 0.25) is 5.88 Å². The summed E-state index contributed by atoms with van der Waals surface area (Å²) in [5.74, 6) is -0.271. The highest BCUT2D eigenvalue weighted by atomic mass is 19.1. The molecule has 3 heterocycles. The smallest absolute Gasteiger partial charge is 0.410 e. The summed E-state index contributed by atoms with van der Waals surface area (Å²) in [6.45, 7) is 6.82. The van der Waals surface area contributed by atoms with Crippen LogP contribution in [-0.4, -0.2) is 68.3 Å². The van der Waals surface area contributed by atoms with Crippen molar-refractivity contribution >= 4 is 23.8 Å². The van der Waals surface area contributed by atoms with Gasteiger partial charge >= 0.3 is 6.09 Å². The number of hydrogen-bond donors (Lipinski definition) is 2. The summed E-state index contributed by atoms with van der Waals surface area (Å²) < 4.78 is 33.0. The van der Waals surface area contributed by atoms with Crippen LogP contribution in [0, 0.1) is 0 Å². The van der Waals surface area contributed by atoms with Gasteiger partial charge < -0.3 is 30.0 Å². The Morgan fingerprint density at radius 1 is 1.07 bits per heavy atom. The zero-order valence-electron chi connectivity index (χ0n) is 24.0. The monoisotopic (exact) mass is 577 g/mol. The molecule has 1 aromatic carbocycles. The first-order valence-corrected chi connectivity index (χ1v) is 14.1. The molecule has 0 unspecified atom stereocenters. The number of halogens is 1. The second-order valence-electron chi connectivity index (χ2n) is 11.6. The number of anilines is 1. The van der Waals surface area contributed by atoms with Crippen LogP contribution in [0.25, 0.3) is 23.2 Å². The molecule has 10 nitrogen and oxygen atoms in total. The van der Waals surface area contributed by atoms with E-state index in [0.29, 0.717) is 35.8 Å². The van der Waals surface area contributed by atoms with E-state index in [1.54, 1.807) is 41.4 Å². The molecule has 0 radical (unpaired) electrons. The molecule has 1 saturated carbocycles. The molecule has 0 bridgehead atoms. The number of carbonyl (C=O) groups excluding carboxylic acids is 1. The molecule has 3 aromatic rings. The number of pyridine rings is 1. The lowest BCUT2D eigenvalue weighted by Gasteiger charge is -2.39. The number of nitrogens with two attached hydrogens (primary N) is 1. The van der Waals surface area contributed by atoms with Crippen molar-refractivity contribution in [2.45, 2.75) is 70.4 Å². The molecule has 1 amide bonds. The number of amides is 1.